The molecule has 0 saturated carbocycles. The Bertz CT molecular complexity index is 1900. The van der Waals surface area contributed by atoms with Gasteiger partial charge in [-0.3, -0.25) is 9.10 Å². The predicted octanol–water partition coefficient (Wildman–Crippen LogP) is 5.01. The number of benzene rings is 3. The highest BCUT2D eigenvalue weighted by atomic mass is 32.2. The molecule has 4 aromatic rings. The molecule has 1 aliphatic rings. The fourth-order valence-corrected chi connectivity index (χ4v) is 7.68. The third-order valence-electron chi connectivity index (χ3n) is 7.90. The largest absolute Gasteiger partial charge is 0.455 e. The van der Waals surface area contributed by atoms with Gasteiger partial charge in [-0.15, -0.1) is 0 Å². The van der Waals surface area contributed by atoms with E-state index in [2.05, 4.69) is 5.32 Å². The van der Waals surface area contributed by atoms with Gasteiger partial charge in [0.2, 0.25) is 20.0 Å². The van der Waals surface area contributed by atoms with Crippen molar-refractivity contribution in [3.63, 3.8) is 0 Å². The monoisotopic (exact) mass is 627 g/mol. The van der Waals surface area contributed by atoms with Crippen LogP contribution in [0.1, 0.15) is 45.8 Å². The molecular formula is C31H34FN3O6S2. The summed E-state index contributed by atoms with van der Waals surface area (Å²) in [5.74, 6) is -1.26. The molecule has 1 fully saturated rings. The number of hydrogen-bond acceptors (Lipinski definition) is 6. The van der Waals surface area contributed by atoms with Crippen LogP contribution in [0.4, 0.5) is 10.1 Å². The first-order chi connectivity index (χ1) is 20.3. The lowest BCUT2D eigenvalue weighted by Crippen LogP contribution is -2.40. The number of amides is 1. The lowest BCUT2D eigenvalue weighted by molar-refractivity contribution is 0.0964. The summed E-state index contributed by atoms with van der Waals surface area (Å²) in [6.45, 7) is 2.35. The molecule has 0 spiro atoms. The molecule has 5 rings (SSSR count). The van der Waals surface area contributed by atoms with Crippen LogP contribution >= 0.6 is 0 Å². The minimum absolute atomic E-state index is 0.103. The normalized spacial score (nSPS) is 16.3. The number of aryl methyl sites for hydroxylation is 1. The second-order valence-electron chi connectivity index (χ2n) is 11.0. The van der Waals surface area contributed by atoms with Crippen LogP contribution in [-0.4, -0.2) is 60.5 Å². The summed E-state index contributed by atoms with van der Waals surface area (Å²) in [6.07, 6.45) is 2.23. The van der Waals surface area contributed by atoms with E-state index in [4.69, 9.17) is 4.42 Å². The zero-order valence-corrected chi connectivity index (χ0v) is 26.1. The Labute approximate surface area is 251 Å². The topological polar surface area (TPSA) is 117 Å². The molecule has 0 bridgehead atoms. The minimum atomic E-state index is -3.81. The third-order valence-corrected chi connectivity index (χ3v) is 10.9. The average Bonchev–Trinajstić information content (AvgIpc) is 3.34. The fraction of sp³-hybridized carbons (Fsp3) is 0.323. The predicted molar refractivity (Wildman–Crippen MR) is 166 cm³/mol. The van der Waals surface area contributed by atoms with E-state index in [9.17, 15) is 26.0 Å². The van der Waals surface area contributed by atoms with Crippen LogP contribution in [0, 0.1) is 12.7 Å². The first kappa shape index (κ1) is 30.7. The third kappa shape index (κ3) is 6.31. The summed E-state index contributed by atoms with van der Waals surface area (Å²) in [7, 11) is -4.56. The number of carbonyl (C=O) groups is 1. The highest BCUT2D eigenvalue weighted by Crippen LogP contribution is 2.42. The summed E-state index contributed by atoms with van der Waals surface area (Å²) in [5.41, 5.74) is 3.64. The maximum absolute atomic E-state index is 13.8. The Kier molecular flexibility index (Phi) is 8.39. The SMILES string of the molecule is CNC(=O)c1c(-c2ccc(C)cc2)oc2cc(N(C)S(C)(=O)=O)c([C@H]3CCCN(S(=O)(=O)Cc4cccc(F)c4)C3)cc12. The van der Waals surface area contributed by atoms with E-state index in [1.165, 1.54) is 36.6 Å². The van der Waals surface area contributed by atoms with Crippen molar-refractivity contribution in [3.05, 3.63) is 88.7 Å². The molecule has 0 aliphatic carbocycles. The Morgan fingerprint density at radius 3 is 2.47 bits per heavy atom. The molecule has 12 heteroatoms. The number of anilines is 1. The molecular weight excluding hydrogens is 593 g/mol. The zero-order chi connectivity index (χ0) is 31.1. The first-order valence-electron chi connectivity index (χ1n) is 13.8. The smallest absolute Gasteiger partial charge is 0.255 e. The number of nitrogens with zero attached hydrogens (tertiary/aromatic N) is 2. The molecule has 0 radical (unpaired) electrons. The molecule has 43 heavy (non-hydrogen) atoms. The molecule has 1 atom stereocenters. The van der Waals surface area contributed by atoms with E-state index in [1.54, 1.807) is 18.2 Å². The van der Waals surface area contributed by atoms with Crippen molar-refractivity contribution in [1.82, 2.24) is 9.62 Å². The second-order valence-corrected chi connectivity index (χ2v) is 15.0. The number of hydrogen-bond donors (Lipinski definition) is 1. The zero-order valence-electron chi connectivity index (χ0n) is 24.4. The number of fused-ring (bicyclic) bond motifs is 1. The van der Waals surface area contributed by atoms with Gasteiger partial charge in [-0.1, -0.05) is 42.0 Å². The van der Waals surface area contributed by atoms with Gasteiger partial charge in [-0.25, -0.2) is 25.5 Å². The van der Waals surface area contributed by atoms with Crippen molar-refractivity contribution in [2.45, 2.75) is 31.4 Å². The van der Waals surface area contributed by atoms with Gasteiger partial charge in [0, 0.05) is 44.2 Å². The fourth-order valence-electron chi connectivity index (χ4n) is 5.56. The lowest BCUT2D eigenvalue weighted by atomic mass is 9.89. The number of sulfonamides is 2. The molecule has 2 heterocycles. The standard InChI is InChI=1S/C31H34FN3O6S2/c1-20-10-12-22(13-11-20)30-29(31(36)33-2)26-16-25(27(17-28(26)41-30)34(3)42(4,37)38)23-8-6-14-35(18-23)43(39,40)19-21-7-5-9-24(32)15-21/h5,7,9-13,15-17,23H,6,8,14,18-19H2,1-4H3,(H,33,36)/t23-/m0/s1. The Hall–Kier alpha value is -3.74. The van der Waals surface area contributed by atoms with Crippen molar-refractivity contribution in [3.8, 4) is 11.3 Å². The van der Waals surface area contributed by atoms with Gasteiger partial charge in [-0.05, 0) is 55.0 Å². The highest BCUT2D eigenvalue weighted by Gasteiger charge is 2.33. The summed E-state index contributed by atoms with van der Waals surface area (Å²) in [4.78, 5) is 13.2. The Balaban J connectivity index is 1.63. The maximum atomic E-state index is 13.8. The summed E-state index contributed by atoms with van der Waals surface area (Å²) in [5, 5.41) is 3.17. The van der Waals surface area contributed by atoms with Gasteiger partial charge in [0.25, 0.3) is 5.91 Å². The Morgan fingerprint density at radius 2 is 1.81 bits per heavy atom. The number of nitrogens with one attached hydrogen (secondary N) is 1. The van der Waals surface area contributed by atoms with E-state index in [0.29, 0.717) is 64.1 Å². The van der Waals surface area contributed by atoms with Gasteiger partial charge < -0.3 is 9.73 Å². The molecule has 9 nitrogen and oxygen atoms in total. The molecule has 1 aromatic heterocycles. The van der Waals surface area contributed by atoms with E-state index in [1.807, 2.05) is 31.2 Å². The van der Waals surface area contributed by atoms with Crippen molar-refractivity contribution < 1.29 is 30.4 Å². The van der Waals surface area contributed by atoms with Gasteiger partial charge in [0.1, 0.15) is 17.2 Å². The van der Waals surface area contributed by atoms with Crippen LogP contribution in [0.15, 0.2) is 65.1 Å². The van der Waals surface area contributed by atoms with Crippen LogP contribution in [0.5, 0.6) is 0 Å². The number of furan rings is 1. The van der Waals surface area contributed by atoms with Crippen molar-refractivity contribution >= 4 is 42.6 Å². The molecule has 3 aromatic carbocycles. The summed E-state index contributed by atoms with van der Waals surface area (Å²) < 4.78 is 74.8. The van der Waals surface area contributed by atoms with Crippen LogP contribution in [0.3, 0.4) is 0 Å². The highest BCUT2D eigenvalue weighted by molar-refractivity contribution is 7.92. The lowest BCUT2D eigenvalue weighted by Gasteiger charge is -2.34. The van der Waals surface area contributed by atoms with Gasteiger partial charge in [0.05, 0.1) is 23.3 Å². The van der Waals surface area contributed by atoms with Crippen LogP contribution in [0.2, 0.25) is 0 Å². The van der Waals surface area contributed by atoms with Crippen LogP contribution in [0.25, 0.3) is 22.3 Å². The molecule has 1 saturated heterocycles. The van der Waals surface area contributed by atoms with Crippen molar-refractivity contribution in [1.29, 1.82) is 0 Å². The van der Waals surface area contributed by atoms with E-state index < -0.39 is 25.9 Å². The van der Waals surface area contributed by atoms with Gasteiger partial charge >= 0.3 is 0 Å². The quantitative estimate of drug-likeness (QED) is 0.294. The number of carbonyl (C=O) groups excluding carboxylic acids is 1. The van der Waals surface area contributed by atoms with E-state index in [-0.39, 0.29) is 24.1 Å². The summed E-state index contributed by atoms with van der Waals surface area (Å²) >= 11 is 0. The van der Waals surface area contributed by atoms with Gasteiger partial charge in [0.15, 0.2) is 0 Å². The summed E-state index contributed by atoms with van der Waals surface area (Å²) in [6, 6.07) is 16.4. The van der Waals surface area contributed by atoms with Crippen molar-refractivity contribution in [2.24, 2.45) is 0 Å². The van der Waals surface area contributed by atoms with E-state index >= 15 is 0 Å². The first-order valence-corrected chi connectivity index (χ1v) is 17.3. The maximum Gasteiger partial charge on any atom is 0.255 e. The number of rotatable bonds is 8. The van der Waals surface area contributed by atoms with Gasteiger partial charge in [-0.2, -0.15) is 0 Å². The minimum Gasteiger partial charge on any atom is -0.455 e. The molecule has 1 N–H and O–H groups in total. The molecule has 0 unspecified atom stereocenters. The number of piperidine rings is 1. The van der Waals surface area contributed by atoms with Crippen LogP contribution in [-0.2, 0) is 25.8 Å². The number of halogens is 1. The molecule has 228 valence electrons. The van der Waals surface area contributed by atoms with E-state index in [0.717, 1.165) is 16.1 Å². The second kappa shape index (κ2) is 11.7. The molecule has 1 amide bonds. The average molecular weight is 628 g/mol. The van der Waals surface area contributed by atoms with Crippen molar-refractivity contribution in [2.75, 3.05) is 37.7 Å². The Morgan fingerprint density at radius 1 is 1.09 bits per heavy atom. The van der Waals surface area contributed by atoms with Crippen LogP contribution < -0.4 is 9.62 Å². The molecule has 1 aliphatic heterocycles.